The number of sulfonamides is 1. The average Bonchev–Trinajstić information content (AvgIpc) is 2.71. The fourth-order valence-electron chi connectivity index (χ4n) is 2.59. The van der Waals surface area contributed by atoms with Crippen LogP contribution in [0.25, 0.3) is 10.8 Å². The van der Waals surface area contributed by atoms with Gasteiger partial charge in [-0.05, 0) is 23.6 Å². The number of hydrogen-bond acceptors (Lipinski definition) is 6. The summed E-state index contributed by atoms with van der Waals surface area (Å²) in [6.45, 7) is -0.135. The number of aromatic nitrogens is 1. The number of amides is 2. The molecule has 9 heteroatoms. The zero-order valence-electron chi connectivity index (χ0n) is 14.6. The normalized spacial score (nSPS) is 11.2. The Balaban J connectivity index is 1.81. The highest BCUT2D eigenvalue weighted by Crippen LogP contribution is 2.22. The summed E-state index contributed by atoms with van der Waals surface area (Å²) in [6.07, 6.45) is 1.11. The van der Waals surface area contributed by atoms with Crippen molar-refractivity contribution in [2.24, 2.45) is 0 Å². The van der Waals surface area contributed by atoms with Gasteiger partial charge in [-0.2, -0.15) is 0 Å². The number of hydrogen-bond donors (Lipinski definition) is 3. The Morgan fingerprint density at radius 2 is 1.71 bits per heavy atom. The van der Waals surface area contributed by atoms with Gasteiger partial charge in [0.2, 0.25) is 0 Å². The van der Waals surface area contributed by atoms with Crippen LogP contribution in [-0.2, 0) is 10.0 Å². The predicted octanol–water partition coefficient (Wildman–Crippen LogP) is 1.08. The number of nitrogens with one attached hydrogen (secondary N) is 2. The second kappa shape index (κ2) is 8.15. The van der Waals surface area contributed by atoms with E-state index in [2.05, 4.69) is 10.3 Å². The van der Waals surface area contributed by atoms with Crippen LogP contribution in [0.3, 0.4) is 0 Å². The summed E-state index contributed by atoms with van der Waals surface area (Å²) in [5.74, 6) is -1.37. The molecule has 144 valence electrons. The molecule has 3 rings (SSSR count). The van der Waals surface area contributed by atoms with Crippen LogP contribution in [-0.4, -0.2) is 43.5 Å². The standard InChI is InChI=1S/C19H17N3O5S/c23-11-10-20-19(25)16-9-8-14(12-21-16)18(24)22-28(26,27)17-7-3-5-13-4-1-2-6-15(13)17/h1-9,12,23H,10-11H2,(H,20,25)(H,22,24). The van der Waals surface area contributed by atoms with Crippen molar-refractivity contribution in [2.45, 2.75) is 4.90 Å². The van der Waals surface area contributed by atoms with Gasteiger partial charge in [0.25, 0.3) is 21.8 Å². The zero-order chi connectivity index (χ0) is 20.1. The first-order chi connectivity index (χ1) is 13.4. The van der Waals surface area contributed by atoms with Crippen LogP contribution in [0.1, 0.15) is 20.8 Å². The number of aliphatic hydroxyl groups excluding tert-OH is 1. The Morgan fingerprint density at radius 1 is 0.964 bits per heavy atom. The van der Waals surface area contributed by atoms with E-state index in [9.17, 15) is 18.0 Å². The van der Waals surface area contributed by atoms with E-state index in [-0.39, 0.29) is 29.3 Å². The summed E-state index contributed by atoms with van der Waals surface area (Å²) >= 11 is 0. The molecule has 0 bridgehead atoms. The molecule has 2 aromatic carbocycles. The van der Waals surface area contributed by atoms with E-state index in [1.54, 1.807) is 36.4 Å². The van der Waals surface area contributed by atoms with Crippen LogP contribution in [0.4, 0.5) is 0 Å². The maximum Gasteiger partial charge on any atom is 0.269 e. The van der Waals surface area contributed by atoms with Gasteiger partial charge in [-0.3, -0.25) is 14.6 Å². The van der Waals surface area contributed by atoms with Gasteiger partial charge in [-0.1, -0.05) is 36.4 Å². The van der Waals surface area contributed by atoms with Crippen molar-refractivity contribution in [3.05, 3.63) is 72.1 Å². The predicted molar refractivity (Wildman–Crippen MR) is 102 cm³/mol. The molecule has 2 amide bonds. The first-order valence-corrected chi connectivity index (χ1v) is 9.81. The Kier molecular flexibility index (Phi) is 5.67. The third-order valence-corrected chi connectivity index (χ3v) is 5.31. The van der Waals surface area contributed by atoms with Gasteiger partial charge >= 0.3 is 0 Å². The Bertz CT molecular complexity index is 1120. The van der Waals surface area contributed by atoms with Gasteiger partial charge < -0.3 is 10.4 Å². The van der Waals surface area contributed by atoms with Crippen LogP contribution < -0.4 is 10.0 Å². The summed E-state index contributed by atoms with van der Waals surface area (Å²) in [5.41, 5.74) is 0.0319. The van der Waals surface area contributed by atoms with E-state index < -0.39 is 21.8 Å². The maximum absolute atomic E-state index is 12.7. The molecule has 0 spiro atoms. The van der Waals surface area contributed by atoms with Crippen LogP contribution in [0.2, 0.25) is 0 Å². The van der Waals surface area contributed by atoms with Crippen molar-refractivity contribution in [1.82, 2.24) is 15.0 Å². The molecule has 0 saturated carbocycles. The lowest BCUT2D eigenvalue weighted by atomic mass is 10.1. The zero-order valence-corrected chi connectivity index (χ0v) is 15.4. The molecule has 3 aromatic rings. The monoisotopic (exact) mass is 399 g/mol. The highest BCUT2D eigenvalue weighted by Gasteiger charge is 2.21. The molecule has 0 saturated heterocycles. The molecule has 0 fully saturated rings. The van der Waals surface area contributed by atoms with Crippen LogP contribution in [0.5, 0.6) is 0 Å². The van der Waals surface area contributed by atoms with E-state index in [0.29, 0.717) is 5.39 Å². The summed E-state index contributed by atoms with van der Waals surface area (Å²) in [6, 6.07) is 14.3. The molecule has 0 aliphatic heterocycles. The minimum atomic E-state index is -4.11. The van der Waals surface area contributed by atoms with Gasteiger partial charge in [0.1, 0.15) is 5.69 Å². The first kappa shape index (κ1) is 19.5. The third kappa shape index (κ3) is 4.16. The van der Waals surface area contributed by atoms with Crippen LogP contribution >= 0.6 is 0 Å². The van der Waals surface area contributed by atoms with E-state index in [0.717, 1.165) is 11.6 Å². The topological polar surface area (TPSA) is 125 Å². The lowest BCUT2D eigenvalue weighted by molar-refractivity contribution is 0.0936. The van der Waals surface area contributed by atoms with E-state index in [4.69, 9.17) is 5.11 Å². The Labute approximate surface area is 161 Å². The lowest BCUT2D eigenvalue weighted by Crippen LogP contribution is -2.31. The van der Waals surface area contributed by atoms with Gasteiger partial charge in [0.15, 0.2) is 0 Å². The number of carbonyl (C=O) groups is 2. The summed E-state index contributed by atoms with van der Waals surface area (Å²) < 4.78 is 27.4. The van der Waals surface area contributed by atoms with Crippen molar-refractivity contribution in [3.63, 3.8) is 0 Å². The number of pyridine rings is 1. The number of aliphatic hydroxyl groups is 1. The molecular formula is C19H17N3O5S. The number of benzene rings is 2. The minimum absolute atomic E-state index is 0.00749. The highest BCUT2D eigenvalue weighted by molar-refractivity contribution is 7.90. The SMILES string of the molecule is O=C(NS(=O)(=O)c1cccc2ccccc12)c1ccc(C(=O)NCCO)nc1. The molecular weight excluding hydrogens is 382 g/mol. The van der Waals surface area contributed by atoms with Crippen molar-refractivity contribution in [3.8, 4) is 0 Å². The summed E-state index contributed by atoms with van der Waals surface area (Å²) in [7, 11) is -4.11. The largest absolute Gasteiger partial charge is 0.395 e. The molecule has 3 N–H and O–H groups in total. The van der Waals surface area contributed by atoms with Crippen LogP contribution in [0, 0.1) is 0 Å². The molecule has 0 radical (unpaired) electrons. The van der Waals surface area contributed by atoms with Crippen LogP contribution in [0.15, 0.2) is 65.7 Å². The Hall–Kier alpha value is -3.30. The molecule has 8 nitrogen and oxygen atoms in total. The highest BCUT2D eigenvalue weighted by atomic mass is 32.2. The maximum atomic E-state index is 12.7. The van der Waals surface area contributed by atoms with Crippen molar-refractivity contribution in [1.29, 1.82) is 0 Å². The smallest absolute Gasteiger partial charge is 0.269 e. The number of fused-ring (bicyclic) bond motifs is 1. The van der Waals surface area contributed by atoms with Gasteiger partial charge in [-0.15, -0.1) is 0 Å². The number of rotatable bonds is 6. The molecule has 0 aliphatic rings. The van der Waals surface area contributed by atoms with Gasteiger partial charge in [-0.25, -0.2) is 13.1 Å². The second-order valence-corrected chi connectivity index (χ2v) is 7.47. The van der Waals surface area contributed by atoms with Crippen molar-refractivity contribution < 1.29 is 23.1 Å². The first-order valence-electron chi connectivity index (χ1n) is 8.32. The van der Waals surface area contributed by atoms with Gasteiger partial charge in [0.05, 0.1) is 17.1 Å². The summed E-state index contributed by atoms with van der Waals surface area (Å²) in [5, 5.41) is 12.4. The lowest BCUT2D eigenvalue weighted by Gasteiger charge is -2.10. The molecule has 0 unspecified atom stereocenters. The van der Waals surface area contributed by atoms with E-state index in [1.807, 2.05) is 4.72 Å². The fourth-order valence-corrected chi connectivity index (χ4v) is 3.79. The molecule has 1 heterocycles. The molecule has 28 heavy (non-hydrogen) atoms. The quantitative estimate of drug-likeness (QED) is 0.569. The number of nitrogens with zero attached hydrogens (tertiary/aromatic N) is 1. The fraction of sp³-hybridized carbons (Fsp3) is 0.105. The van der Waals surface area contributed by atoms with E-state index >= 15 is 0 Å². The summed E-state index contributed by atoms with van der Waals surface area (Å²) in [4.78, 5) is 27.9. The molecule has 0 atom stereocenters. The Morgan fingerprint density at radius 3 is 2.43 bits per heavy atom. The third-order valence-electron chi connectivity index (χ3n) is 3.92. The van der Waals surface area contributed by atoms with Crippen molar-refractivity contribution in [2.75, 3.05) is 13.2 Å². The average molecular weight is 399 g/mol. The van der Waals surface area contributed by atoms with Crippen molar-refractivity contribution >= 4 is 32.6 Å². The number of carbonyl (C=O) groups excluding carboxylic acids is 2. The van der Waals surface area contributed by atoms with E-state index in [1.165, 1.54) is 18.2 Å². The minimum Gasteiger partial charge on any atom is -0.395 e. The molecule has 1 aromatic heterocycles. The molecule has 0 aliphatic carbocycles. The van der Waals surface area contributed by atoms with Gasteiger partial charge in [0, 0.05) is 18.1 Å². The second-order valence-electron chi connectivity index (χ2n) is 5.82.